The summed E-state index contributed by atoms with van der Waals surface area (Å²) in [5.41, 5.74) is 0. The number of carbonyl (C=O) groups excluding carboxylic acids is 1. The lowest BCUT2D eigenvalue weighted by Crippen LogP contribution is -2.53. The van der Waals surface area contributed by atoms with Crippen LogP contribution in [0.25, 0.3) is 0 Å². The van der Waals surface area contributed by atoms with E-state index in [0.29, 0.717) is 13.2 Å². The molecular weight excluding hydrogens is 242 g/mol. The number of hydrogen-bond acceptors (Lipinski definition) is 4. The molecule has 0 aromatic heterocycles. The van der Waals surface area contributed by atoms with Gasteiger partial charge in [0, 0.05) is 32.2 Å². The van der Waals surface area contributed by atoms with E-state index in [2.05, 4.69) is 24.1 Å². The fourth-order valence-corrected chi connectivity index (χ4v) is 3.00. The van der Waals surface area contributed by atoms with Crippen LogP contribution in [0, 0.1) is 5.92 Å². The Labute approximate surface area is 116 Å². The average Bonchev–Trinajstić information content (AvgIpc) is 2.88. The van der Waals surface area contributed by atoms with Crippen molar-refractivity contribution in [3.05, 3.63) is 0 Å². The number of hydrogen-bond donors (Lipinski definition) is 1. The Morgan fingerprint density at radius 2 is 1.95 bits per heavy atom. The molecule has 2 atom stereocenters. The fraction of sp³-hybridized carbons (Fsp3) is 0.929. The zero-order valence-corrected chi connectivity index (χ0v) is 12.2. The molecule has 2 heterocycles. The molecule has 5 nitrogen and oxygen atoms in total. The van der Waals surface area contributed by atoms with Crippen molar-refractivity contribution in [2.45, 2.75) is 26.3 Å². The minimum absolute atomic E-state index is 0.0117. The van der Waals surface area contributed by atoms with Crippen LogP contribution in [0.5, 0.6) is 0 Å². The highest BCUT2D eigenvalue weighted by Gasteiger charge is 2.36. The van der Waals surface area contributed by atoms with Crippen LogP contribution in [0.3, 0.4) is 0 Å². The monoisotopic (exact) mass is 269 g/mol. The third kappa shape index (κ3) is 3.68. The zero-order valence-electron chi connectivity index (χ0n) is 12.2. The number of carbonyl (C=O) groups is 1. The Balaban J connectivity index is 1.83. The lowest BCUT2D eigenvalue weighted by molar-refractivity contribution is -0.137. The maximum absolute atomic E-state index is 12.5. The molecule has 1 amide bonds. The molecule has 2 unspecified atom stereocenters. The van der Waals surface area contributed by atoms with Crippen molar-refractivity contribution < 1.29 is 9.53 Å². The number of rotatable bonds is 5. The lowest BCUT2D eigenvalue weighted by atomic mass is 10.0. The molecule has 5 heteroatoms. The first kappa shape index (κ1) is 14.8. The third-order valence-corrected chi connectivity index (χ3v) is 4.09. The summed E-state index contributed by atoms with van der Waals surface area (Å²) in [6, 6.07) is 0.200. The van der Waals surface area contributed by atoms with Crippen LogP contribution in [0.2, 0.25) is 0 Å². The van der Waals surface area contributed by atoms with E-state index in [9.17, 15) is 4.79 Å². The molecule has 19 heavy (non-hydrogen) atoms. The lowest BCUT2D eigenvalue weighted by Gasteiger charge is -2.36. The van der Waals surface area contributed by atoms with Crippen molar-refractivity contribution in [2.24, 2.45) is 5.92 Å². The van der Waals surface area contributed by atoms with E-state index in [-0.39, 0.29) is 17.9 Å². The first-order valence-corrected chi connectivity index (χ1v) is 7.58. The minimum Gasteiger partial charge on any atom is -0.379 e. The normalized spacial score (nSPS) is 28.8. The Hall–Kier alpha value is -0.650. The maximum atomic E-state index is 12.5. The van der Waals surface area contributed by atoms with Gasteiger partial charge < -0.3 is 15.0 Å². The van der Waals surface area contributed by atoms with E-state index in [0.717, 1.165) is 39.3 Å². The summed E-state index contributed by atoms with van der Waals surface area (Å²) in [6.07, 6.45) is 1.19. The number of ether oxygens (including phenoxy) is 1. The molecule has 110 valence electrons. The highest BCUT2D eigenvalue weighted by atomic mass is 16.5. The summed E-state index contributed by atoms with van der Waals surface area (Å²) in [5.74, 6) is 0.289. The third-order valence-electron chi connectivity index (χ3n) is 4.09. The van der Waals surface area contributed by atoms with Crippen molar-refractivity contribution in [1.29, 1.82) is 0 Å². The zero-order chi connectivity index (χ0) is 13.7. The van der Waals surface area contributed by atoms with Gasteiger partial charge >= 0.3 is 0 Å². The van der Waals surface area contributed by atoms with Crippen LogP contribution in [-0.2, 0) is 9.53 Å². The first-order valence-electron chi connectivity index (χ1n) is 7.58. The van der Waals surface area contributed by atoms with E-state index in [1.807, 2.05) is 4.90 Å². The van der Waals surface area contributed by atoms with Gasteiger partial charge in [0.1, 0.15) is 0 Å². The predicted molar refractivity (Wildman–Crippen MR) is 75.1 cm³/mol. The molecule has 1 N–H and O–H groups in total. The molecule has 0 spiro atoms. The summed E-state index contributed by atoms with van der Waals surface area (Å²) < 4.78 is 5.47. The number of nitrogens with zero attached hydrogens (tertiary/aromatic N) is 2. The second-order valence-electron chi connectivity index (χ2n) is 5.48. The number of likely N-dealkylation sites (N-methyl/N-ethyl adjacent to an activating group) is 1. The van der Waals surface area contributed by atoms with Gasteiger partial charge in [0.25, 0.3) is 0 Å². The molecule has 2 rings (SSSR count). The fourth-order valence-electron chi connectivity index (χ4n) is 3.00. The summed E-state index contributed by atoms with van der Waals surface area (Å²) in [5, 5.41) is 3.36. The van der Waals surface area contributed by atoms with Gasteiger partial charge in [0.15, 0.2) is 0 Å². The van der Waals surface area contributed by atoms with Crippen LogP contribution in [0.1, 0.15) is 20.3 Å². The van der Waals surface area contributed by atoms with Crippen molar-refractivity contribution in [3.8, 4) is 0 Å². The molecule has 0 saturated carbocycles. The Morgan fingerprint density at radius 1 is 1.21 bits per heavy atom. The van der Waals surface area contributed by atoms with E-state index in [1.165, 1.54) is 6.42 Å². The van der Waals surface area contributed by atoms with Crippen LogP contribution >= 0.6 is 0 Å². The average molecular weight is 269 g/mol. The summed E-state index contributed by atoms with van der Waals surface area (Å²) in [6.45, 7) is 11.3. The molecular formula is C14H27N3O2. The molecule has 2 aliphatic heterocycles. The molecule has 0 aromatic rings. The predicted octanol–water partition coefficient (Wildman–Crippen LogP) is 0.165. The number of amides is 1. The highest BCUT2D eigenvalue weighted by molar-refractivity contribution is 5.80. The van der Waals surface area contributed by atoms with Gasteiger partial charge in [-0.3, -0.25) is 9.69 Å². The molecule has 2 aliphatic rings. The van der Waals surface area contributed by atoms with Gasteiger partial charge in [-0.05, 0) is 19.5 Å². The quantitative estimate of drug-likeness (QED) is 0.772. The van der Waals surface area contributed by atoms with Gasteiger partial charge in [-0.1, -0.05) is 13.8 Å². The standard InChI is InChI=1S/C14H27N3O2/c1-3-5-16-6-8-17(9-7-16)14(18)12-10-19-11-13(12)15-4-2/h12-13,15H,3-11H2,1-2H3. The van der Waals surface area contributed by atoms with E-state index >= 15 is 0 Å². The number of piperazine rings is 1. The van der Waals surface area contributed by atoms with Gasteiger partial charge in [0.05, 0.1) is 19.1 Å². The van der Waals surface area contributed by atoms with Gasteiger partial charge in [0.2, 0.25) is 5.91 Å². The Kier molecular flexibility index (Phi) is 5.60. The SMILES string of the molecule is CCCN1CCN(C(=O)C2COCC2NCC)CC1. The first-order chi connectivity index (χ1) is 9.26. The molecule has 2 fully saturated rings. The van der Waals surface area contributed by atoms with Crippen LogP contribution in [-0.4, -0.2) is 74.2 Å². The molecule has 0 aliphatic carbocycles. The Morgan fingerprint density at radius 3 is 2.58 bits per heavy atom. The smallest absolute Gasteiger partial charge is 0.229 e. The van der Waals surface area contributed by atoms with Crippen molar-refractivity contribution >= 4 is 5.91 Å². The summed E-state index contributed by atoms with van der Waals surface area (Å²) in [4.78, 5) is 17.0. The Bertz CT molecular complexity index is 290. The van der Waals surface area contributed by atoms with E-state index < -0.39 is 0 Å². The van der Waals surface area contributed by atoms with E-state index in [1.54, 1.807) is 0 Å². The van der Waals surface area contributed by atoms with Crippen molar-refractivity contribution in [2.75, 3.05) is 52.5 Å². The molecule has 0 aromatic carbocycles. The van der Waals surface area contributed by atoms with Crippen LogP contribution in [0.4, 0.5) is 0 Å². The van der Waals surface area contributed by atoms with Crippen molar-refractivity contribution in [3.63, 3.8) is 0 Å². The topological polar surface area (TPSA) is 44.8 Å². The second kappa shape index (κ2) is 7.22. The summed E-state index contributed by atoms with van der Waals surface area (Å²) >= 11 is 0. The van der Waals surface area contributed by atoms with Crippen LogP contribution < -0.4 is 5.32 Å². The second-order valence-corrected chi connectivity index (χ2v) is 5.48. The van der Waals surface area contributed by atoms with Gasteiger partial charge in [-0.15, -0.1) is 0 Å². The van der Waals surface area contributed by atoms with Gasteiger partial charge in [-0.25, -0.2) is 0 Å². The number of nitrogens with one attached hydrogen (secondary N) is 1. The molecule has 2 saturated heterocycles. The van der Waals surface area contributed by atoms with Crippen molar-refractivity contribution in [1.82, 2.24) is 15.1 Å². The van der Waals surface area contributed by atoms with Crippen LogP contribution in [0.15, 0.2) is 0 Å². The molecule has 0 radical (unpaired) electrons. The van der Waals surface area contributed by atoms with E-state index in [4.69, 9.17) is 4.74 Å². The summed E-state index contributed by atoms with van der Waals surface area (Å²) in [7, 11) is 0. The highest BCUT2D eigenvalue weighted by Crippen LogP contribution is 2.18. The minimum atomic E-state index is 0.0117. The largest absolute Gasteiger partial charge is 0.379 e. The van der Waals surface area contributed by atoms with Gasteiger partial charge in [-0.2, -0.15) is 0 Å². The molecule has 0 bridgehead atoms. The maximum Gasteiger partial charge on any atom is 0.229 e.